The molecule has 1 aromatic carbocycles. The molecule has 160 valence electrons. The molecule has 0 spiro atoms. The van der Waals surface area contributed by atoms with Gasteiger partial charge in [0.05, 0.1) is 16.3 Å². The van der Waals surface area contributed by atoms with E-state index in [4.69, 9.17) is 0 Å². The average Bonchev–Trinajstić information content (AvgIpc) is 2.79. The van der Waals surface area contributed by atoms with Crippen LogP contribution in [0.4, 0.5) is 5.69 Å². The maximum absolute atomic E-state index is 13.1. The number of hydrogen-bond acceptors (Lipinski definition) is 4. The maximum Gasteiger partial charge on any atom is 0.224 e. The summed E-state index contributed by atoms with van der Waals surface area (Å²) in [5.74, 6) is -0.667. The third-order valence-corrected chi connectivity index (χ3v) is 7.99. The normalized spacial score (nSPS) is 20.2. The van der Waals surface area contributed by atoms with Crippen LogP contribution < -0.4 is 10.2 Å². The second kappa shape index (κ2) is 9.16. The first-order valence-corrected chi connectivity index (χ1v) is 12.8. The third-order valence-electron chi connectivity index (χ3n) is 5.81. The first-order valence-electron chi connectivity index (χ1n) is 10.3. The Kier molecular flexibility index (Phi) is 7.04. The lowest BCUT2D eigenvalue weighted by Crippen LogP contribution is -2.36. The first kappa shape index (κ1) is 22.3. The molecule has 1 aliphatic carbocycles. The van der Waals surface area contributed by atoms with Crippen LogP contribution >= 0.6 is 15.9 Å². The van der Waals surface area contributed by atoms with E-state index in [0.717, 1.165) is 31.2 Å². The van der Waals surface area contributed by atoms with Crippen LogP contribution in [0.15, 0.2) is 21.5 Å². The van der Waals surface area contributed by atoms with Crippen LogP contribution in [-0.2, 0) is 25.8 Å². The van der Waals surface area contributed by atoms with Gasteiger partial charge in [-0.1, -0.05) is 41.6 Å². The predicted molar refractivity (Wildman–Crippen MR) is 117 cm³/mol. The number of nitrogens with zero attached hydrogens (tertiary/aromatic N) is 1. The number of hydrogen-bond donors (Lipinski definition) is 1. The zero-order valence-electron chi connectivity index (χ0n) is 17.0. The molecule has 2 aliphatic rings. The zero-order chi connectivity index (χ0) is 21.2. The molecule has 1 fully saturated rings. The van der Waals surface area contributed by atoms with Crippen molar-refractivity contribution in [2.75, 3.05) is 10.7 Å². The average molecular weight is 485 g/mol. The summed E-state index contributed by atoms with van der Waals surface area (Å²) >= 11 is 3.39. The highest BCUT2D eigenvalue weighted by molar-refractivity contribution is 9.10. The quantitative estimate of drug-likeness (QED) is 0.644. The molecule has 1 saturated carbocycles. The predicted octanol–water partition coefficient (Wildman–Crippen LogP) is 3.75. The SMILES string of the molecule is CC(=O)N1c2c(cc(Br)cc2S(=O)(=O)CCC(=O)NC2CCCCCC2)CC1C. The van der Waals surface area contributed by atoms with E-state index in [9.17, 15) is 18.0 Å². The lowest BCUT2D eigenvalue weighted by molar-refractivity contribution is -0.121. The van der Waals surface area contributed by atoms with Gasteiger partial charge in [0.25, 0.3) is 0 Å². The van der Waals surface area contributed by atoms with E-state index in [2.05, 4.69) is 21.2 Å². The summed E-state index contributed by atoms with van der Waals surface area (Å²) in [4.78, 5) is 26.2. The van der Waals surface area contributed by atoms with Crippen LogP contribution in [0.1, 0.15) is 64.4 Å². The van der Waals surface area contributed by atoms with Crippen LogP contribution in [0.3, 0.4) is 0 Å². The fraction of sp³-hybridized carbons (Fsp3) is 0.619. The van der Waals surface area contributed by atoms with E-state index >= 15 is 0 Å². The number of halogens is 1. The molecule has 29 heavy (non-hydrogen) atoms. The van der Waals surface area contributed by atoms with Gasteiger partial charge in [-0.15, -0.1) is 0 Å². The highest BCUT2D eigenvalue weighted by Crippen LogP contribution is 2.40. The minimum Gasteiger partial charge on any atom is -0.353 e. The van der Waals surface area contributed by atoms with Crippen molar-refractivity contribution in [2.24, 2.45) is 0 Å². The molecule has 8 heteroatoms. The van der Waals surface area contributed by atoms with E-state index in [-0.39, 0.29) is 41.0 Å². The smallest absolute Gasteiger partial charge is 0.224 e. The molecular formula is C21H29BrN2O4S. The Hall–Kier alpha value is -1.41. The largest absolute Gasteiger partial charge is 0.353 e. The summed E-state index contributed by atoms with van der Waals surface area (Å²) in [6, 6.07) is 3.47. The van der Waals surface area contributed by atoms with Crippen molar-refractivity contribution in [3.05, 3.63) is 22.2 Å². The van der Waals surface area contributed by atoms with Gasteiger partial charge >= 0.3 is 0 Å². The molecule has 0 radical (unpaired) electrons. The van der Waals surface area contributed by atoms with Gasteiger partial charge in [-0.25, -0.2) is 8.42 Å². The van der Waals surface area contributed by atoms with Crippen LogP contribution in [0, 0.1) is 0 Å². The molecular weight excluding hydrogens is 456 g/mol. The Labute approximate surface area is 181 Å². The Bertz CT molecular complexity index is 892. The highest BCUT2D eigenvalue weighted by atomic mass is 79.9. The molecule has 1 N–H and O–H groups in total. The van der Waals surface area contributed by atoms with Crippen molar-refractivity contribution < 1.29 is 18.0 Å². The van der Waals surface area contributed by atoms with Crippen LogP contribution in [-0.4, -0.2) is 38.1 Å². The van der Waals surface area contributed by atoms with Crippen molar-refractivity contribution in [3.8, 4) is 0 Å². The molecule has 3 rings (SSSR count). The minimum absolute atomic E-state index is 0.0737. The van der Waals surface area contributed by atoms with Gasteiger partial charge in [0, 0.05) is 29.9 Å². The standard InChI is InChI=1S/C21H29BrN2O4S/c1-14-11-16-12-17(22)13-19(21(16)24(14)15(2)25)29(27,28)10-9-20(26)23-18-7-5-3-4-6-8-18/h12-14,18H,3-11H2,1-2H3,(H,23,26). The number of benzene rings is 1. The van der Waals surface area contributed by atoms with Gasteiger partial charge in [0.15, 0.2) is 9.84 Å². The molecule has 0 saturated heterocycles. The molecule has 1 aromatic rings. The Morgan fingerprint density at radius 1 is 1.17 bits per heavy atom. The monoisotopic (exact) mass is 484 g/mol. The van der Waals surface area contributed by atoms with E-state index in [1.165, 1.54) is 19.8 Å². The second-order valence-corrected chi connectivity index (χ2v) is 11.2. The first-order chi connectivity index (χ1) is 13.7. The molecule has 6 nitrogen and oxygen atoms in total. The van der Waals surface area contributed by atoms with Crippen molar-refractivity contribution in [2.45, 2.75) is 82.2 Å². The number of nitrogens with one attached hydrogen (secondary N) is 1. The van der Waals surface area contributed by atoms with E-state index < -0.39 is 9.84 Å². The highest BCUT2D eigenvalue weighted by Gasteiger charge is 2.35. The van der Waals surface area contributed by atoms with Crippen LogP contribution in [0.2, 0.25) is 0 Å². The lowest BCUT2D eigenvalue weighted by Gasteiger charge is -2.23. The van der Waals surface area contributed by atoms with Crippen LogP contribution in [0.5, 0.6) is 0 Å². The number of carbonyl (C=O) groups excluding carboxylic acids is 2. The maximum atomic E-state index is 13.1. The van der Waals surface area contributed by atoms with Gasteiger partial charge in [-0.05, 0) is 43.9 Å². The molecule has 1 atom stereocenters. The summed E-state index contributed by atoms with van der Waals surface area (Å²) in [5, 5.41) is 3.00. The summed E-state index contributed by atoms with van der Waals surface area (Å²) in [7, 11) is -3.73. The van der Waals surface area contributed by atoms with Gasteiger partial charge in [-0.2, -0.15) is 0 Å². The number of sulfone groups is 1. The second-order valence-electron chi connectivity index (χ2n) is 8.18. The number of amides is 2. The Morgan fingerprint density at radius 3 is 2.45 bits per heavy atom. The number of carbonyl (C=O) groups is 2. The fourth-order valence-corrected chi connectivity index (χ4v) is 6.61. The van der Waals surface area contributed by atoms with E-state index in [1.54, 1.807) is 11.0 Å². The molecule has 2 amide bonds. The van der Waals surface area contributed by atoms with Gasteiger partial charge in [0.1, 0.15) is 0 Å². The van der Waals surface area contributed by atoms with E-state index in [0.29, 0.717) is 16.6 Å². The molecule has 0 bridgehead atoms. The molecule has 0 aromatic heterocycles. The Balaban J connectivity index is 1.76. The zero-order valence-corrected chi connectivity index (χ0v) is 19.4. The van der Waals surface area contributed by atoms with Gasteiger partial charge in [0.2, 0.25) is 11.8 Å². The number of anilines is 1. The lowest BCUT2D eigenvalue weighted by atomic mass is 10.1. The summed E-state index contributed by atoms with van der Waals surface area (Å²) in [6.45, 7) is 3.36. The van der Waals surface area contributed by atoms with Crippen molar-refractivity contribution in [3.63, 3.8) is 0 Å². The number of fused-ring (bicyclic) bond motifs is 1. The minimum atomic E-state index is -3.73. The van der Waals surface area contributed by atoms with Crippen molar-refractivity contribution in [1.29, 1.82) is 0 Å². The summed E-state index contributed by atoms with van der Waals surface area (Å²) < 4.78 is 26.9. The molecule has 1 aliphatic heterocycles. The summed E-state index contributed by atoms with van der Waals surface area (Å²) in [5.41, 5.74) is 1.31. The van der Waals surface area contributed by atoms with Crippen molar-refractivity contribution in [1.82, 2.24) is 5.32 Å². The van der Waals surface area contributed by atoms with Crippen molar-refractivity contribution >= 4 is 43.3 Å². The van der Waals surface area contributed by atoms with E-state index in [1.807, 2.05) is 13.0 Å². The number of rotatable bonds is 5. The molecule has 1 heterocycles. The topological polar surface area (TPSA) is 83.6 Å². The van der Waals surface area contributed by atoms with Crippen LogP contribution in [0.25, 0.3) is 0 Å². The van der Waals surface area contributed by atoms with Gasteiger partial charge in [-0.3, -0.25) is 9.59 Å². The summed E-state index contributed by atoms with van der Waals surface area (Å²) in [6.07, 6.45) is 7.06. The molecule has 1 unspecified atom stereocenters. The Morgan fingerprint density at radius 2 is 1.83 bits per heavy atom. The van der Waals surface area contributed by atoms with Gasteiger partial charge < -0.3 is 10.2 Å². The fourth-order valence-electron chi connectivity index (χ4n) is 4.45. The third kappa shape index (κ3) is 5.20.